The summed E-state index contributed by atoms with van der Waals surface area (Å²) in [7, 11) is 1.85. The molecule has 0 aliphatic rings. The number of rotatable bonds is 2. The van der Waals surface area contributed by atoms with Crippen LogP contribution >= 0.6 is 38.9 Å². The van der Waals surface area contributed by atoms with Gasteiger partial charge in [-0.25, -0.2) is 4.98 Å². The van der Waals surface area contributed by atoms with Crippen molar-refractivity contribution in [3.8, 4) is 11.3 Å². The SMILES string of the molecule is CNc1nc(-c2cc(Br)ccc2Cl)cs1. The molecule has 0 atom stereocenters. The van der Waals surface area contributed by atoms with E-state index >= 15 is 0 Å². The summed E-state index contributed by atoms with van der Waals surface area (Å²) in [5, 5.41) is 6.59. The van der Waals surface area contributed by atoms with Gasteiger partial charge in [0.05, 0.1) is 10.7 Å². The number of aromatic nitrogens is 1. The van der Waals surface area contributed by atoms with E-state index in [4.69, 9.17) is 11.6 Å². The summed E-state index contributed by atoms with van der Waals surface area (Å²) >= 11 is 11.1. The average Bonchev–Trinajstić information content (AvgIpc) is 2.70. The lowest BCUT2D eigenvalue weighted by Crippen LogP contribution is -1.86. The molecule has 0 fully saturated rings. The van der Waals surface area contributed by atoms with Crippen LogP contribution in [0.25, 0.3) is 11.3 Å². The third-order valence-electron chi connectivity index (χ3n) is 1.92. The summed E-state index contributed by atoms with van der Waals surface area (Å²) in [4.78, 5) is 4.40. The van der Waals surface area contributed by atoms with E-state index in [0.29, 0.717) is 5.02 Å². The molecule has 0 bridgehead atoms. The van der Waals surface area contributed by atoms with Crippen LogP contribution in [-0.2, 0) is 0 Å². The Morgan fingerprint density at radius 2 is 2.27 bits per heavy atom. The zero-order valence-corrected chi connectivity index (χ0v) is 11.1. The van der Waals surface area contributed by atoms with E-state index < -0.39 is 0 Å². The monoisotopic (exact) mass is 302 g/mol. The molecule has 2 aromatic rings. The molecule has 2 rings (SSSR count). The van der Waals surface area contributed by atoms with E-state index in [1.54, 1.807) is 11.3 Å². The van der Waals surface area contributed by atoms with Gasteiger partial charge in [0.15, 0.2) is 5.13 Å². The number of thiazole rings is 1. The van der Waals surface area contributed by atoms with Gasteiger partial charge in [-0.3, -0.25) is 0 Å². The highest BCUT2D eigenvalue weighted by atomic mass is 79.9. The molecule has 1 N–H and O–H groups in total. The third kappa shape index (κ3) is 2.33. The van der Waals surface area contributed by atoms with Crippen LogP contribution in [0.4, 0.5) is 5.13 Å². The van der Waals surface area contributed by atoms with Gasteiger partial charge in [0.25, 0.3) is 0 Å². The first-order chi connectivity index (χ1) is 7.20. The number of anilines is 1. The van der Waals surface area contributed by atoms with Crippen LogP contribution in [0.2, 0.25) is 5.02 Å². The molecule has 0 unspecified atom stereocenters. The lowest BCUT2D eigenvalue weighted by atomic mass is 10.2. The van der Waals surface area contributed by atoms with Crippen LogP contribution in [0.1, 0.15) is 0 Å². The van der Waals surface area contributed by atoms with E-state index in [1.165, 1.54) is 0 Å². The third-order valence-corrected chi connectivity index (χ3v) is 3.61. The molecule has 0 saturated heterocycles. The predicted molar refractivity (Wildman–Crippen MR) is 69.8 cm³/mol. The van der Waals surface area contributed by atoms with Gasteiger partial charge in [0, 0.05) is 22.5 Å². The number of nitrogens with one attached hydrogen (secondary N) is 1. The van der Waals surface area contributed by atoms with Crippen molar-refractivity contribution < 1.29 is 0 Å². The fraction of sp³-hybridized carbons (Fsp3) is 0.100. The second-order valence-corrected chi connectivity index (χ2v) is 5.09. The molecule has 0 aliphatic carbocycles. The topological polar surface area (TPSA) is 24.9 Å². The molecule has 0 aliphatic heterocycles. The zero-order chi connectivity index (χ0) is 10.8. The van der Waals surface area contributed by atoms with Crippen molar-refractivity contribution in [1.29, 1.82) is 0 Å². The van der Waals surface area contributed by atoms with Crippen molar-refractivity contribution in [2.24, 2.45) is 0 Å². The highest BCUT2D eigenvalue weighted by Gasteiger charge is 2.07. The molecular formula is C10H8BrClN2S. The molecule has 1 heterocycles. The Labute approximate surface area is 105 Å². The highest BCUT2D eigenvalue weighted by molar-refractivity contribution is 9.10. The Morgan fingerprint density at radius 1 is 1.47 bits per heavy atom. The first kappa shape index (κ1) is 10.9. The van der Waals surface area contributed by atoms with Gasteiger partial charge in [-0.2, -0.15) is 0 Å². The lowest BCUT2D eigenvalue weighted by molar-refractivity contribution is 1.36. The van der Waals surface area contributed by atoms with E-state index in [9.17, 15) is 0 Å². The summed E-state index contributed by atoms with van der Waals surface area (Å²) in [6.07, 6.45) is 0. The van der Waals surface area contributed by atoms with Gasteiger partial charge in [-0.05, 0) is 18.2 Å². The lowest BCUT2D eigenvalue weighted by Gasteiger charge is -2.00. The van der Waals surface area contributed by atoms with Gasteiger partial charge in [0.2, 0.25) is 0 Å². The fourth-order valence-corrected chi connectivity index (χ4v) is 2.45. The van der Waals surface area contributed by atoms with Crippen LogP contribution < -0.4 is 5.32 Å². The van der Waals surface area contributed by atoms with Crippen LogP contribution in [-0.4, -0.2) is 12.0 Å². The normalized spacial score (nSPS) is 10.3. The van der Waals surface area contributed by atoms with E-state index in [-0.39, 0.29) is 0 Å². The van der Waals surface area contributed by atoms with Gasteiger partial charge >= 0.3 is 0 Å². The van der Waals surface area contributed by atoms with Crippen molar-refractivity contribution in [2.45, 2.75) is 0 Å². The Bertz CT molecular complexity index is 484. The van der Waals surface area contributed by atoms with Gasteiger partial charge in [-0.15, -0.1) is 11.3 Å². The minimum atomic E-state index is 0.714. The van der Waals surface area contributed by atoms with E-state index in [2.05, 4.69) is 26.2 Å². The van der Waals surface area contributed by atoms with Gasteiger partial charge < -0.3 is 5.32 Å². The molecule has 0 spiro atoms. The maximum atomic E-state index is 6.11. The van der Waals surface area contributed by atoms with Gasteiger partial charge in [0.1, 0.15) is 0 Å². The summed E-state index contributed by atoms with van der Waals surface area (Å²) < 4.78 is 1.00. The number of hydrogen-bond donors (Lipinski definition) is 1. The predicted octanol–water partition coefficient (Wildman–Crippen LogP) is 4.27. The zero-order valence-electron chi connectivity index (χ0n) is 7.92. The van der Waals surface area contributed by atoms with E-state index in [0.717, 1.165) is 20.9 Å². The molecular weight excluding hydrogens is 296 g/mol. The number of nitrogens with zero attached hydrogens (tertiary/aromatic N) is 1. The smallest absolute Gasteiger partial charge is 0.182 e. The summed E-state index contributed by atoms with van der Waals surface area (Å²) in [5.74, 6) is 0. The number of halogens is 2. The Balaban J connectivity index is 2.48. The summed E-state index contributed by atoms with van der Waals surface area (Å²) in [6, 6.07) is 5.74. The molecule has 0 radical (unpaired) electrons. The minimum absolute atomic E-state index is 0.714. The maximum Gasteiger partial charge on any atom is 0.182 e. The van der Waals surface area contributed by atoms with Crippen molar-refractivity contribution in [3.63, 3.8) is 0 Å². The van der Waals surface area contributed by atoms with Crippen molar-refractivity contribution in [3.05, 3.63) is 33.1 Å². The van der Waals surface area contributed by atoms with Crippen LogP contribution in [0.15, 0.2) is 28.1 Å². The molecule has 5 heteroatoms. The highest BCUT2D eigenvalue weighted by Crippen LogP contribution is 2.32. The first-order valence-corrected chi connectivity index (χ1v) is 6.34. The molecule has 0 saturated carbocycles. The summed E-state index contributed by atoms with van der Waals surface area (Å²) in [5.41, 5.74) is 1.85. The molecule has 78 valence electrons. The average molecular weight is 304 g/mol. The van der Waals surface area contributed by atoms with Crippen LogP contribution in [0.5, 0.6) is 0 Å². The largest absolute Gasteiger partial charge is 0.365 e. The van der Waals surface area contributed by atoms with Crippen molar-refractivity contribution in [2.75, 3.05) is 12.4 Å². The number of hydrogen-bond acceptors (Lipinski definition) is 3. The Kier molecular flexibility index (Phi) is 3.29. The number of benzene rings is 1. The molecule has 1 aromatic carbocycles. The molecule has 1 aromatic heterocycles. The second kappa shape index (κ2) is 4.51. The minimum Gasteiger partial charge on any atom is -0.365 e. The van der Waals surface area contributed by atoms with Crippen molar-refractivity contribution >= 4 is 44.0 Å². The Morgan fingerprint density at radius 3 is 2.93 bits per heavy atom. The standard InChI is InChI=1S/C10H8BrClN2S/c1-13-10-14-9(5-15-10)7-4-6(11)2-3-8(7)12/h2-5H,1H3,(H,13,14). The van der Waals surface area contributed by atoms with Crippen LogP contribution in [0, 0.1) is 0 Å². The second-order valence-electron chi connectivity index (χ2n) is 2.91. The van der Waals surface area contributed by atoms with Gasteiger partial charge in [-0.1, -0.05) is 27.5 Å². The quantitative estimate of drug-likeness (QED) is 0.896. The summed E-state index contributed by atoms with van der Waals surface area (Å²) in [6.45, 7) is 0. The first-order valence-electron chi connectivity index (χ1n) is 4.29. The van der Waals surface area contributed by atoms with E-state index in [1.807, 2.05) is 30.6 Å². The fourth-order valence-electron chi connectivity index (χ4n) is 1.21. The molecule has 0 amide bonds. The van der Waals surface area contributed by atoms with Crippen molar-refractivity contribution in [1.82, 2.24) is 4.98 Å². The Hall–Kier alpha value is -0.580. The molecule has 2 nitrogen and oxygen atoms in total. The van der Waals surface area contributed by atoms with Crippen LogP contribution in [0.3, 0.4) is 0 Å². The maximum absolute atomic E-state index is 6.11. The molecule has 15 heavy (non-hydrogen) atoms.